The minimum absolute atomic E-state index is 0.0544. The molecule has 4 rings (SSSR count). The molecule has 0 aliphatic carbocycles. The molecule has 1 amide bonds. The van der Waals surface area contributed by atoms with Crippen molar-refractivity contribution in [1.82, 2.24) is 34.8 Å². The quantitative estimate of drug-likeness (QED) is 0.668. The van der Waals surface area contributed by atoms with Crippen LogP contribution in [0.4, 0.5) is 5.95 Å². The van der Waals surface area contributed by atoms with Crippen LogP contribution in [0.5, 0.6) is 0 Å². The number of hydrogen-bond donors (Lipinski definition) is 1. The Hall–Kier alpha value is -3.87. The van der Waals surface area contributed by atoms with Crippen molar-refractivity contribution in [2.24, 2.45) is 5.92 Å². The van der Waals surface area contributed by atoms with Crippen LogP contribution in [-0.4, -0.2) is 59.9 Å². The molecule has 1 aliphatic rings. The van der Waals surface area contributed by atoms with Gasteiger partial charge in [0.25, 0.3) is 5.91 Å². The van der Waals surface area contributed by atoms with Crippen molar-refractivity contribution in [1.29, 1.82) is 5.26 Å². The highest BCUT2D eigenvalue weighted by Crippen LogP contribution is 2.26. The first-order chi connectivity index (χ1) is 15.1. The summed E-state index contributed by atoms with van der Waals surface area (Å²) in [6.07, 6.45) is 8.05. The number of likely N-dealkylation sites (tertiary alicyclic amines) is 1. The zero-order valence-corrected chi connectivity index (χ0v) is 17.4. The topological polar surface area (TPSA) is 126 Å². The molecule has 4 heterocycles. The summed E-state index contributed by atoms with van der Waals surface area (Å²) in [4.78, 5) is 29.8. The van der Waals surface area contributed by atoms with Crippen LogP contribution in [0.2, 0.25) is 0 Å². The van der Waals surface area contributed by atoms with E-state index in [-0.39, 0.29) is 11.9 Å². The summed E-state index contributed by atoms with van der Waals surface area (Å²) in [5, 5.41) is 20.5. The van der Waals surface area contributed by atoms with Crippen LogP contribution in [-0.2, 0) is 0 Å². The van der Waals surface area contributed by atoms with Crippen molar-refractivity contribution in [2.75, 3.05) is 18.4 Å². The maximum Gasteiger partial charge on any atom is 0.275 e. The van der Waals surface area contributed by atoms with E-state index in [9.17, 15) is 4.79 Å². The van der Waals surface area contributed by atoms with E-state index >= 15 is 0 Å². The van der Waals surface area contributed by atoms with Gasteiger partial charge in [0.2, 0.25) is 5.95 Å². The van der Waals surface area contributed by atoms with Gasteiger partial charge in [-0.1, -0.05) is 6.92 Å². The number of pyridine rings is 1. The standard InChI is InChI=1S/C21H23N9O/c1-14-4-3-9-29(18(14)13-25-21-23-11-16(10-22)12-24-21)20(31)19-17(6-5-15(2)28-19)30-26-7-8-27-30/h5-8,11-12,14,18H,3-4,9,13H2,1-2H3,(H,23,24,25)/t14?,18-/m1/s1. The van der Waals surface area contributed by atoms with E-state index in [2.05, 4.69) is 37.4 Å². The predicted octanol–water partition coefficient (Wildman–Crippen LogP) is 1.99. The third-order valence-electron chi connectivity index (χ3n) is 5.48. The number of piperidine rings is 1. The van der Waals surface area contributed by atoms with E-state index < -0.39 is 0 Å². The highest BCUT2D eigenvalue weighted by molar-refractivity contribution is 5.96. The van der Waals surface area contributed by atoms with Gasteiger partial charge in [-0.15, -0.1) is 4.80 Å². The zero-order valence-electron chi connectivity index (χ0n) is 17.4. The number of anilines is 1. The average molecular weight is 417 g/mol. The molecule has 3 aromatic heterocycles. The van der Waals surface area contributed by atoms with Gasteiger partial charge >= 0.3 is 0 Å². The minimum atomic E-state index is -0.143. The Balaban J connectivity index is 1.58. The van der Waals surface area contributed by atoms with Gasteiger partial charge in [0, 0.05) is 18.8 Å². The summed E-state index contributed by atoms with van der Waals surface area (Å²) in [7, 11) is 0. The minimum Gasteiger partial charge on any atom is -0.352 e. The fraction of sp³-hybridized carbons (Fsp3) is 0.381. The molecule has 1 fully saturated rings. The summed E-state index contributed by atoms with van der Waals surface area (Å²) in [6, 6.07) is 5.61. The maximum atomic E-state index is 13.6. The number of nitriles is 1. The van der Waals surface area contributed by atoms with Crippen LogP contribution in [0.1, 0.15) is 41.5 Å². The second-order valence-corrected chi connectivity index (χ2v) is 7.61. The third-order valence-corrected chi connectivity index (χ3v) is 5.48. The molecule has 0 spiro atoms. The van der Waals surface area contributed by atoms with Gasteiger partial charge in [-0.2, -0.15) is 15.5 Å². The van der Waals surface area contributed by atoms with E-state index in [0.717, 1.165) is 18.5 Å². The summed E-state index contributed by atoms with van der Waals surface area (Å²) in [6.45, 7) is 5.15. The van der Waals surface area contributed by atoms with Crippen LogP contribution in [0.3, 0.4) is 0 Å². The fourth-order valence-corrected chi connectivity index (χ4v) is 3.83. The van der Waals surface area contributed by atoms with Gasteiger partial charge < -0.3 is 10.2 Å². The van der Waals surface area contributed by atoms with Gasteiger partial charge in [0.05, 0.1) is 36.4 Å². The molecule has 0 bridgehead atoms. The van der Waals surface area contributed by atoms with Crippen LogP contribution in [0.15, 0.2) is 36.9 Å². The summed E-state index contributed by atoms with van der Waals surface area (Å²) in [5.41, 5.74) is 2.05. The molecule has 0 aromatic carbocycles. The Morgan fingerprint density at radius 1 is 1.26 bits per heavy atom. The van der Waals surface area contributed by atoms with Crippen LogP contribution in [0.25, 0.3) is 5.69 Å². The first kappa shape index (κ1) is 20.4. The Kier molecular flexibility index (Phi) is 5.84. The SMILES string of the molecule is Cc1ccc(-n2nccn2)c(C(=O)N2CCCC(C)[C@H]2CNc2ncc(C#N)cn2)n1. The maximum absolute atomic E-state index is 13.6. The highest BCUT2D eigenvalue weighted by atomic mass is 16.2. The highest BCUT2D eigenvalue weighted by Gasteiger charge is 2.34. The molecule has 10 nitrogen and oxygen atoms in total. The number of nitrogens with one attached hydrogen (secondary N) is 1. The lowest BCUT2D eigenvalue weighted by Crippen LogP contribution is -2.51. The molecular weight excluding hydrogens is 394 g/mol. The van der Waals surface area contributed by atoms with Gasteiger partial charge in [-0.25, -0.2) is 15.0 Å². The lowest BCUT2D eigenvalue weighted by atomic mass is 9.90. The third kappa shape index (κ3) is 4.35. The van der Waals surface area contributed by atoms with Gasteiger partial charge in [-0.05, 0) is 37.8 Å². The van der Waals surface area contributed by atoms with E-state index in [1.54, 1.807) is 12.4 Å². The van der Waals surface area contributed by atoms with Crippen molar-refractivity contribution >= 4 is 11.9 Å². The average Bonchev–Trinajstić information content (AvgIpc) is 3.32. The first-order valence-electron chi connectivity index (χ1n) is 10.2. The fourth-order valence-electron chi connectivity index (χ4n) is 3.83. The second-order valence-electron chi connectivity index (χ2n) is 7.61. The number of nitrogens with zero attached hydrogens (tertiary/aromatic N) is 8. The number of rotatable bonds is 5. The monoisotopic (exact) mass is 417 g/mol. The number of aryl methyl sites for hydroxylation is 1. The number of carbonyl (C=O) groups is 1. The van der Waals surface area contributed by atoms with Crippen LogP contribution >= 0.6 is 0 Å². The van der Waals surface area contributed by atoms with E-state index in [1.807, 2.05) is 30.0 Å². The van der Waals surface area contributed by atoms with Gasteiger partial charge in [0.1, 0.15) is 11.8 Å². The molecule has 1 saturated heterocycles. The largest absolute Gasteiger partial charge is 0.352 e. The molecule has 0 saturated carbocycles. The lowest BCUT2D eigenvalue weighted by molar-refractivity contribution is 0.0533. The van der Waals surface area contributed by atoms with Gasteiger partial charge in [0.15, 0.2) is 5.69 Å². The van der Waals surface area contributed by atoms with Crippen molar-refractivity contribution in [2.45, 2.75) is 32.7 Å². The summed E-state index contributed by atoms with van der Waals surface area (Å²) < 4.78 is 0. The van der Waals surface area contributed by atoms with E-state index in [0.29, 0.717) is 41.9 Å². The molecule has 1 aliphatic heterocycles. The molecule has 158 valence electrons. The van der Waals surface area contributed by atoms with Crippen molar-refractivity contribution in [3.8, 4) is 11.8 Å². The molecule has 2 atom stereocenters. The van der Waals surface area contributed by atoms with Crippen molar-refractivity contribution < 1.29 is 4.79 Å². The van der Waals surface area contributed by atoms with Crippen molar-refractivity contribution in [3.05, 3.63) is 53.9 Å². The summed E-state index contributed by atoms with van der Waals surface area (Å²) >= 11 is 0. The zero-order chi connectivity index (χ0) is 21.8. The first-order valence-corrected chi connectivity index (χ1v) is 10.2. The number of hydrogen-bond acceptors (Lipinski definition) is 8. The molecular formula is C21H23N9O. The van der Waals surface area contributed by atoms with E-state index in [1.165, 1.54) is 17.2 Å². The molecule has 31 heavy (non-hydrogen) atoms. The summed E-state index contributed by atoms with van der Waals surface area (Å²) in [5.74, 6) is 0.578. The predicted molar refractivity (Wildman–Crippen MR) is 112 cm³/mol. The van der Waals surface area contributed by atoms with Crippen LogP contribution < -0.4 is 5.32 Å². The normalized spacial score (nSPS) is 18.4. The molecule has 1 unspecified atom stereocenters. The number of amides is 1. The Bertz CT molecular complexity index is 1090. The molecule has 10 heteroatoms. The Morgan fingerprint density at radius 3 is 2.71 bits per heavy atom. The number of aromatic nitrogens is 6. The Morgan fingerprint density at radius 2 is 2.00 bits per heavy atom. The van der Waals surface area contributed by atoms with Crippen molar-refractivity contribution in [3.63, 3.8) is 0 Å². The molecule has 1 N–H and O–H groups in total. The Labute approximate surface area is 180 Å². The molecule has 3 aromatic rings. The van der Waals surface area contributed by atoms with Crippen LogP contribution in [0, 0.1) is 24.2 Å². The lowest BCUT2D eigenvalue weighted by Gasteiger charge is -2.40. The smallest absolute Gasteiger partial charge is 0.275 e. The van der Waals surface area contributed by atoms with E-state index in [4.69, 9.17) is 5.26 Å². The molecule has 0 radical (unpaired) electrons. The second kappa shape index (κ2) is 8.87. The van der Waals surface area contributed by atoms with Gasteiger partial charge in [-0.3, -0.25) is 4.79 Å². The number of carbonyl (C=O) groups excluding carboxylic acids is 1.